The molecule has 1 aromatic rings. The third-order valence-corrected chi connectivity index (χ3v) is 2.71. The van der Waals surface area contributed by atoms with Crippen molar-refractivity contribution in [3.8, 4) is 6.07 Å². The molecular weight excluding hydrogens is 297 g/mol. The predicted octanol–water partition coefficient (Wildman–Crippen LogP) is 3.71. The Hall–Kier alpha value is -1.22. The molecule has 0 aliphatic rings. The maximum Gasteiger partial charge on any atom is 0.390 e. The van der Waals surface area contributed by atoms with Crippen molar-refractivity contribution < 1.29 is 13.2 Å². The van der Waals surface area contributed by atoms with Gasteiger partial charge in [0.1, 0.15) is 6.07 Å². The molecule has 0 bridgehead atoms. The first-order valence-electron chi connectivity index (χ1n) is 4.81. The van der Waals surface area contributed by atoms with Crippen LogP contribution in [0, 0.1) is 11.3 Å². The number of nitrogens with zero attached hydrogens (tertiary/aromatic N) is 2. The largest absolute Gasteiger partial charge is 0.390 e. The van der Waals surface area contributed by atoms with E-state index in [0.717, 1.165) is 4.47 Å². The second-order valence-corrected chi connectivity index (χ2v) is 4.48. The Labute approximate surface area is 106 Å². The van der Waals surface area contributed by atoms with E-state index in [-0.39, 0.29) is 6.54 Å². The van der Waals surface area contributed by atoms with Crippen LogP contribution in [0.25, 0.3) is 0 Å². The van der Waals surface area contributed by atoms with E-state index in [4.69, 9.17) is 5.26 Å². The lowest BCUT2D eigenvalue weighted by molar-refractivity contribution is -0.132. The maximum atomic E-state index is 12.1. The highest BCUT2D eigenvalue weighted by atomic mass is 79.9. The average Bonchev–Trinajstić information content (AvgIpc) is 2.24. The van der Waals surface area contributed by atoms with Gasteiger partial charge in [0.05, 0.1) is 17.7 Å². The van der Waals surface area contributed by atoms with Gasteiger partial charge in [0.2, 0.25) is 0 Å². The molecule has 0 atom stereocenters. The van der Waals surface area contributed by atoms with E-state index in [1.165, 1.54) is 11.9 Å². The van der Waals surface area contributed by atoms with E-state index in [9.17, 15) is 13.2 Å². The summed E-state index contributed by atoms with van der Waals surface area (Å²) in [6, 6.07) is 6.86. The monoisotopic (exact) mass is 306 g/mol. The molecule has 0 aromatic heterocycles. The molecule has 92 valence electrons. The summed E-state index contributed by atoms with van der Waals surface area (Å²) in [5.41, 5.74) is 0.851. The van der Waals surface area contributed by atoms with Gasteiger partial charge >= 0.3 is 6.18 Å². The molecule has 0 amide bonds. The number of rotatable bonds is 3. The Morgan fingerprint density at radius 1 is 1.41 bits per heavy atom. The van der Waals surface area contributed by atoms with Gasteiger partial charge in [-0.05, 0) is 18.2 Å². The summed E-state index contributed by atoms with van der Waals surface area (Å²) in [5.74, 6) is 0. The van der Waals surface area contributed by atoms with Gasteiger partial charge in [-0.1, -0.05) is 15.9 Å². The zero-order chi connectivity index (χ0) is 13.1. The van der Waals surface area contributed by atoms with Crippen molar-refractivity contribution >= 4 is 21.6 Å². The van der Waals surface area contributed by atoms with Crippen LogP contribution >= 0.6 is 15.9 Å². The van der Waals surface area contributed by atoms with Gasteiger partial charge in [-0.2, -0.15) is 18.4 Å². The fraction of sp³-hybridized carbons (Fsp3) is 0.364. The van der Waals surface area contributed by atoms with Crippen LogP contribution in [0.2, 0.25) is 0 Å². The summed E-state index contributed by atoms with van der Waals surface area (Å²) in [4.78, 5) is 1.43. The van der Waals surface area contributed by atoms with Crippen LogP contribution in [0.5, 0.6) is 0 Å². The zero-order valence-electron chi connectivity index (χ0n) is 9.05. The highest BCUT2D eigenvalue weighted by molar-refractivity contribution is 9.10. The Kier molecular flexibility index (Phi) is 4.40. The highest BCUT2D eigenvalue weighted by Crippen LogP contribution is 2.25. The molecule has 1 rings (SSSR count). The van der Waals surface area contributed by atoms with Crippen molar-refractivity contribution in [2.24, 2.45) is 0 Å². The van der Waals surface area contributed by atoms with Gasteiger partial charge in [-0.25, -0.2) is 0 Å². The lowest BCUT2D eigenvalue weighted by atomic mass is 10.2. The van der Waals surface area contributed by atoms with Crippen LogP contribution in [0.4, 0.5) is 18.9 Å². The standard InChI is InChI=1S/C11H10BrF3N2/c1-17(5-4-11(13,14)15)10-3-2-9(12)6-8(10)7-16/h2-3,6H,4-5H2,1H3. The molecule has 0 unspecified atom stereocenters. The summed E-state index contributed by atoms with van der Waals surface area (Å²) >= 11 is 3.21. The molecule has 0 fully saturated rings. The van der Waals surface area contributed by atoms with E-state index in [2.05, 4.69) is 15.9 Å². The van der Waals surface area contributed by atoms with Crippen LogP contribution in [0.1, 0.15) is 12.0 Å². The molecule has 0 aliphatic carbocycles. The average molecular weight is 307 g/mol. The SMILES string of the molecule is CN(CCC(F)(F)F)c1ccc(Br)cc1C#N. The molecule has 17 heavy (non-hydrogen) atoms. The minimum atomic E-state index is -4.18. The summed E-state index contributed by atoms with van der Waals surface area (Å²) in [6.45, 7) is -0.167. The van der Waals surface area contributed by atoms with E-state index >= 15 is 0 Å². The van der Waals surface area contributed by atoms with Crippen molar-refractivity contribution in [3.63, 3.8) is 0 Å². The molecule has 0 radical (unpaired) electrons. The maximum absolute atomic E-state index is 12.1. The van der Waals surface area contributed by atoms with Crippen molar-refractivity contribution in [1.29, 1.82) is 5.26 Å². The number of alkyl halides is 3. The molecule has 2 nitrogen and oxygen atoms in total. The first-order chi connectivity index (χ1) is 7.83. The predicted molar refractivity (Wildman–Crippen MR) is 62.8 cm³/mol. The summed E-state index contributed by atoms with van der Waals surface area (Å²) in [7, 11) is 1.54. The molecular formula is C11H10BrF3N2. The number of hydrogen-bond donors (Lipinski definition) is 0. The van der Waals surface area contributed by atoms with Gasteiger partial charge in [0.15, 0.2) is 0 Å². The van der Waals surface area contributed by atoms with Gasteiger partial charge < -0.3 is 4.90 Å². The molecule has 0 N–H and O–H groups in total. The molecule has 1 aromatic carbocycles. The topological polar surface area (TPSA) is 27.0 Å². The molecule has 0 heterocycles. The Morgan fingerprint density at radius 3 is 2.59 bits per heavy atom. The van der Waals surface area contributed by atoms with Gasteiger partial charge in [0, 0.05) is 18.1 Å². The van der Waals surface area contributed by atoms with Crippen LogP contribution < -0.4 is 4.90 Å². The first kappa shape index (κ1) is 13.8. The van der Waals surface area contributed by atoms with Crippen LogP contribution in [0.15, 0.2) is 22.7 Å². The summed E-state index contributed by atoms with van der Waals surface area (Å²) in [6.07, 6.45) is -5.08. The van der Waals surface area contributed by atoms with Gasteiger partial charge in [0.25, 0.3) is 0 Å². The number of halogens is 4. The van der Waals surface area contributed by atoms with Crippen molar-refractivity contribution in [1.82, 2.24) is 0 Å². The quantitative estimate of drug-likeness (QED) is 0.851. The normalized spacial score (nSPS) is 11.1. The van der Waals surface area contributed by atoms with Crippen molar-refractivity contribution in [2.45, 2.75) is 12.6 Å². The van der Waals surface area contributed by atoms with Crippen LogP contribution in [0.3, 0.4) is 0 Å². The molecule has 0 saturated carbocycles. The van der Waals surface area contributed by atoms with E-state index in [1.54, 1.807) is 18.2 Å². The number of anilines is 1. The first-order valence-corrected chi connectivity index (χ1v) is 5.60. The Balaban J connectivity index is 2.83. The van der Waals surface area contributed by atoms with Crippen LogP contribution in [-0.2, 0) is 0 Å². The number of nitriles is 1. The third kappa shape index (κ3) is 4.27. The van der Waals surface area contributed by atoms with Crippen LogP contribution in [-0.4, -0.2) is 19.8 Å². The highest BCUT2D eigenvalue weighted by Gasteiger charge is 2.27. The van der Waals surface area contributed by atoms with Gasteiger partial charge in [-0.15, -0.1) is 0 Å². The van der Waals surface area contributed by atoms with E-state index < -0.39 is 12.6 Å². The fourth-order valence-electron chi connectivity index (χ4n) is 1.35. The minimum Gasteiger partial charge on any atom is -0.373 e. The summed E-state index contributed by atoms with van der Waals surface area (Å²) < 4.78 is 37.0. The smallest absolute Gasteiger partial charge is 0.373 e. The number of benzene rings is 1. The fourth-order valence-corrected chi connectivity index (χ4v) is 1.71. The Morgan fingerprint density at radius 2 is 2.06 bits per heavy atom. The molecule has 6 heteroatoms. The minimum absolute atomic E-state index is 0.167. The lowest BCUT2D eigenvalue weighted by Gasteiger charge is -2.21. The molecule has 0 spiro atoms. The lowest BCUT2D eigenvalue weighted by Crippen LogP contribution is -2.24. The van der Waals surface area contributed by atoms with E-state index in [1.807, 2.05) is 6.07 Å². The second kappa shape index (κ2) is 5.41. The third-order valence-electron chi connectivity index (χ3n) is 2.22. The molecule has 0 saturated heterocycles. The molecule has 0 aliphatic heterocycles. The van der Waals surface area contributed by atoms with Crippen molar-refractivity contribution in [2.75, 3.05) is 18.5 Å². The zero-order valence-corrected chi connectivity index (χ0v) is 10.6. The Bertz CT molecular complexity index is 437. The van der Waals surface area contributed by atoms with Gasteiger partial charge in [-0.3, -0.25) is 0 Å². The van der Waals surface area contributed by atoms with E-state index in [0.29, 0.717) is 11.3 Å². The second-order valence-electron chi connectivity index (χ2n) is 3.56. The van der Waals surface area contributed by atoms with Crippen molar-refractivity contribution in [3.05, 3.63) is 28.2 Å². The number of hydrogen-bond acceptors (Lipinski definition) is 2. The summed E-state index contributed by atoms with van der Waals surface area (Å²) in [5, 5.41) is 8.90.